The van der Waals surface area contributed by atoms with Gasteiger partial charge in [-0.25, -0.2) is 0 Å². The van der Waals surface area contributed by atoms with E-state index in [9.17, 15) is 0 Å². The zero-order valence-electron chi connectivity index (χ0n) is 10.8. The summed E-state index contributed by atoms with van der Waals surface area (Å²) in [5.41, 5.74) is 0.456. The third-order valence-electron chi connectivity index (χ3n) is 3.92. The lowest BCUT2D eigenvalue weighted by Gasteiger charge is -2.37. The topological polar surface area (TPSA) is 0 Å². The van der Waals surface area contributed by atoms with Crippen LogP contribution in [-0.2, 0) is 0 Å². The van der Waals surface area contributed by atoms with E-state index in [-0.39, 0.29) is 0 Å². The molecule has 0 aromatic heterocycles. The van der Waals surface area contributed by atoms with Gasteiger partial charge in [0.2, 0.25) is 0 Å². The van der Waals surface area contributed by atoms with E-state index in [0.717, 1.165) is 23.4 Å². The molecule has 0 bridgehead atoms. The van der Waals surface area contributed by atoms with E-state index in [2.05, 4.69) is 54.1 Å². The van der Waals surface area contributed by atoms with Crippen LogP contribution in [0.3, 0.4) is 0 Å². The maximum atomic E-state index is 4.37. The van der Waals surface area contributed by atoms with E-state index < -0.39 is 0 Å². The van der Waals surface area contributed by atoms with Crippen molar-refractivity contribution in [2.24, 2.45) is 17.3 Å². The second-order valence-corrected chi connectivity index (χ2v) is 6.02. The van der Waals surface area contributed by atoms with Gasteiger partial charge in [-0.1, -0.05) is 47.3 Å². The molecule has 14 heavy (non-hydrogen) atoms. The molecular formula is C12H27BS. The van der Waals surface area contributed by atoms with E-state index in [0.29, 0.717) is 5.41 Å². The normalized spacial score (nSPS) is 18.8. The summed E-state index contributed by atoms with van der Waals surface area (Å²) in [5, 5.41) is 0. The SMILES string of the molecule is CBC(C)C(C)C(C)(C)CC(C)CS. The van der Waals surface area contributed by atoms with Crippen LogP contribution in [0, 0.1) is 17.3 Å². The molecule has 0 aliphatic rings. The van der Waals surface area contributed by atoms with E-state index >= 15 is 0 Å². The van der Waals surface area contributed by atoms with E-state index in [1.807, 2.05) is 0 Å². The molecule has 0 amide bonds. The largest absolute Gasteiger partial charge is 0.179 e. The highest BCUT2D eigenvalue weighted by molar-refractivity contribution is 7.80. The smallest absolute Gasteiger partial charge is 0.121 e. The molecule has 0 aliphatic heterocycles. The predicted octanol–water partition coefficient (Wildman–Crippen LogP) is 3.90. The summed E-state index contributed by atoms with van der Waals surface area (Å²) in [6, 6.07) is 0. The molecular weight excluding hydrogens is 187 g/mol. The Morgan fingerprint density at radius 2 is 1.71 bits per heavy atom. The van der Waals surface area contributed by atoms with Crippen molar-refractivity contribution >= 4 is 19.9 Å². The minimum Gasteiger partial charge on any atom is -0.179 e. The van der Waals surface area contributed by atoms with Gasteiger partial charge in [0.1, 0.15) is 7.28 Å². The molecule has 3 unspecified atom stereocenters. The minimum atomic E-state index is 0.456. The van der Waals surface area contributed by atoms with Gasteiger partial charge in [0.15, 0.2) is 0 Å². The number of hydrogen-bond acceptors (Lipinski definition) is 1. The Kier molecular flexibility index (Phi) is 6.28. The summed E-state index contributed by atoms with van der Waals surface area (Å²) in [7, 11) is 1.29. The molecule has 3 atom stereocenters. The highest BCUT2D eigenvalue weighted by atomic mass is 32.1. The van der Waals surface area contributed by atoms with Crippen molar-refractivity contribution in [1.29, 1.82) is 0 Å². The molecule has 0 aliphatic carbocycles. The lowest BCUT2D eigenvalue weighted by atomic mass is 9.56. The molecule has 0 fully saturated rings. The van der Waals surface area contributed by atoms with Crippen molar-refractivity contribution in [3.63, 3.8) is 0 Å². The van der Waals surface area contributed by atoms with E-state index in [4.69, 9.17) is 0 Å². The molecule has 0 spiro atoms. The summed E-state index contributed by atoms with van der Waals surface area (Å²) >= 11 is 4.37. The van der Waals surface area contributed by atoms with Crippen molar-refractivity contribution in [2.75, 3.05) is 5.75 Å². The number of rotatable bonds is 6. The average Bonchev–Trinajstić information content (AvgIpc) is 2.14. The van der Waals surface area contributed by atoms with Crippen LogP contribution < -0.4 is 0 Å². The predicted molar refractivity (Wildman–Crippen MR) is 73.0 cm³/mol. The molecule has 0 nitrogen and oxygen atoms in total. The molecule has 0 aromatic carbocycles. The lowest BCUT2D eigenvalue weighted by Crippen LogP contribution is -2.28. The van der Waals surface area contributed by atoms with Gasteiger partial charge in [-0.05, 0) is 29.4 Å². The van der Waals surface area contributed by atoms with Crippen molar-refractivity contribution < 1.29 is 0 Å². The molecule has 0 N–H and O–H groups in total. The summed E-state index contributed by atoms with van der Waals surface area (Å²) in [4.78, 5) is 0. The Morgan fingerprint density at radius 3 is 2.07 bits per heavy atom. The third-order valence-corrected chi connectivity index (χ3v) is 4.54. The highest BCUT2D eigenvalue weighted by Gasteiger charge is 2.30. The van der Waals surface area contributed by atoms with Gasteiger partial charge in [0, 0.05) is 0 Å². The van der Waals surface area contributed by atoms with Crippen LogP contribution in [0.25, 0.3) is 0 Å². The monoisotopic (exact) mass is 214 g/mol. The van der Waals surface area contributed by atoms with Gasteiger partial charge in [-0.15, -0.1) is 0 Å². The summed E-state index contributed by atoms with van der Waals surface area (Å²) < 4.78 is 0. The average molecular weight is 214 g/mol. The van der Waals surface area contributed by atoms with Gasteiger partial charge in [0.05, 0.1) is 0 Å². The fourth-order valence-corrected chi connectivity index (χ4v) is 2.40. The van der Waals surface area contributed by atoms with Gasteiger partial charge >= 0.3 is 0 Å². The highest BCUT2D eigenvalue weighted by Crippen LogP contribution is 2.40. The van der Waals surface area contributed by atoms with E-state index in [1.54, 1.807) is 0 Å². The first-order valence-electron chi connectivity index (χ1n) is 5.96. The Labute approximate surface area is 96.9 Å². The lowest BCUT2D eigenvalue weighted by molar-refractivity contribution is 0.181. The minimum absolute atomic E-state index is 0.456. The van der Waals surface area contributed by atoms with E-state index in [1.165, 1.54) is 13.7 Å². The van der Waals surface area contributed by atoms with Crippen LogP contribution in [0.4, 0.5) is 0 Å². The molecule has 0 rings (SSSR count). The summed E-state index contributed by atoms with van der Waals surface area (Å²) in [5.74, 6) is 3.38. The zero-order chi connectivity index (χ0) is 11.4. The molecule has 0 aromatic rings. The Morgan fingerprint density at radius 1 is 1.21 bits per heavy atom. The summed E-state index contributed by atoms with van der Waals surface area (Å²) in [6.07, 6.45) is 1.29. The van der Waals surface area contributed by atoms with Gasteiger partial charge in [0.25, 0.3) is 0 Å². The van der Waals surface area contributed by atoms with Crippen molar-refractivity contribution in [1.82, 2.24) is 0 Å². The molecule has 2 heteroatoms. The maximum absolute atomic E-state index is 4.37. The van der Waals surface area contributed by atoms with Crippen LogP contribution in [-0.4, -0.2) is 13.0 Å². The van der Waals surface area contributed by atoms with Crippen LogP contribution in [0.15, 0.2) is 0 Å². The van der Waals surface area contributed by atoms with Gasteiger partial charge in [-0.3, -0.25) is 0 Å². The Hall–Kier alpha value is 0.415. The third kappa shape index (κ3) is 4.29. The van der Waals surface area contributed by atoms with Crippen LogP contribution in [0.5, 0.6) is 0 Å². The van der Waals surface area contributed by atoms with Crippen LogP contribution in [0.1, 0.15) is 41.0 Å². The fraction of sp³-hybridized carbons (Fsp3) is 1.00. The van der Waals surface area contributed by atoms with Crippen molar-refractivity contribution in [3.05, 3.63) is 0 Å². The first kappa shape index (κ1) is 14.4. The number of hydrogen-bond donors (Lipinski definition) is 1. The summed E-state index contributed by atoms with van der Waals surface area (Å²) in [6.45, 7) is 14.2. The van der Waals surface area contributed by atoms with Crippen LogP contribution in [0.2, 0.25) is 12.6 Å². The van der Waals surface area contributed by atoms with Crippen molar-refractivity contribution in [3.8, 4) is 0 Å². The first-order valence-corrected chi connectivity index (χ1v) is 6.59. The van der Waals surface area contributed by atoms with Gasteiger partial charge < -0.3 is 0 Å². The van der Waals surface area contributed by atoms with Crippen molar-refractivity contribution in [2.45, 2.75) is 53.7 Å². The molecule has 0 heterocycles. The maximum Gasteiger partial charge on any atom is 0.121 e. The van der Waals surface area contributed by atoms with Crippen LogP contribution >= 0.6 is 12.6 Å². The Bertz CT molecular complexity index is 156. The zero-order valence-corrected chi connectivity index (χ0v) is 11.7. The number of thiol groups is 1. The quantitative estimate of drug-likeness (QED) is 0.503. The molecule has 84 valence electrons. The van der Waals surface area contributed by atoms with Gasteiger partial charge in [-0.2, -0.15) is 12.6 Å². The second kappa shape index (κ2) is 6.10. The molecule has 0 radical (unpaired) electrons. The first-order chi connectivity index (χ1) is 6.35. The fourth-order valence-electron chi connectivity index (χ4n) is 2.27. The second-order valence-electron chi connectivity index (χ2n) is 5.65. The Balaban J connectivity index is 4.28. The standard InChI is InChI=1S/C12H27BS/c1-9(8-14)7-12(4,5)10(2)11(3)13-6/h9-11,13-14H,7-8H2,1-6H3. The molecule has 0 saturated carbocycles. The molecule has 0 saturated heterocycles.